The van der Waals surface area contributed by atoms with Crippen molar-refractivity contribution in [2.24, 2.45) is 5.41 Å². The molecule has 0 atom stereocenters. The Hall–Kier alpha value is -1.12. The Labute approximate surface area is 119 Å². The number of aromatic nitrogens is 2. The van der Waals surface area contributed by atoms with Crippen LogP contribution in [0, 0.1) is 5.41 Å². The van der Waals surface area contributed by atoms with Crippen LogP contribution in [0.25, 0.3) is 0 Å². The van der Waals surface area contributed by atoms with Crippen molar-refractivity contribution in [3.05, 3.63) is 6.20 Å². The summed E-state index contributed by atoms with van der Waals surface area (Å²) in [5.41, 5.74) is 5.61. The number of nitrogens with two attached hydrogens (primary N) is 1. The maximum atomic E-state index is 12.2. The molecule has 1 saturated carbocycles. The Bertz CT molecular complexity index is 563. The topological polar surface area (TPSA) is 110 Å². The Morgan fingerprint density at radius 3 is 2.80 bits per heavy atom. The average molecular weight is 302 g/mol. The third-order valence-corrected chi connectivity index (χ3v) is 5.15. The van der Waals surface area contributed by atoms with Crippen molar-refractivity contribution in [3.8, 4) is 0 Å². The summed E-state index contributed by atoms with van der Waals surface area (Å²) in [4.78, 5) is 0.0331. The van der Waals surface area contributed by atoms with E-state index >= 15 is 0 Å². The number of hydrogen-bond donors (Lipinski definition) is 3. The van der Waals surface area contributed by atoms with Gasteiger partial charge in [-0.2, -0.15) is 5.10 Å². The lowest BCUT2D eigenvalue weighted by molar-refractivity contribution is 0.249. The molecule has 1 aliphatic carbocycles. The first-order valence-corrected chi connectivity index (χ1v) is 8.34. The fraction of sp³-hybridized carbons (Fsp3) is 0.750. The van der Waals surface area contributed by atoms with E-state index in [1.165, 1.54) is 6.20 Å². The summed E-state index contributed by atoms with van der Waals surface area (Å²) < 4.78 is 28.6. The van der Waals surface area contributed by atoms with Gasteiger partial charge in [0.1, 0.15) is 4.90 Å². The molecule has 0 spiro atoms. The number of rotatable bonds is 8. The number of aliphatic hydroxyl groups excluding tert-OH is 1. The second-order valence-corrected chi connectivity index (χ2v) is 7.18. The van der Waals surface area contributed by atoms with E-state index in [0.29, 0.717) is 19.5 Å². The summed E-state index contributed by atoms with van der Waals surface area (Å²) in [7, 11) is -3.64. The van der Waals surface area contributed by atoms with E-state index in [0.717, 1.165) is 19.3 Å². The maximum Gasteiger partial charge on any atom is 0.245 e. The summed E-state index contributed by atoms with van der Waals surface area (Å²) in [5, 5.41) is 13.0. The van der Waals surface area contributed by atoms with Crippen LogP contribution < -0.4 is 10.5 Å². The van der Waals surface area contributed by atoms with Gasteiger partial charge in [0.25, 0.3) is 0 Å². The highest BCUT2D eigenvalue weighted by molar-refractivity contribution is 7.89. The molecule has 1 fully saturated rings. The van der Waals surface area contributed by atoms with Gasteiger partial charge < -0.3 is 10.8 Å². The minimum absolute atomic E-state index is 0.0259. The Morgan fingerprint density at radius 2 is 2.25 bits per heavy atom. The van der Waals surface area contributed by atoms with E-state index in [1.807, 2.05) is 6.92 Å². The summed E-state index contributed by atoms with van der Waals surface area (Å²) in [6, 6.07) is 0. The molecule has 8 heteroatoms. The lowest BCUT2D eigenvalue weighted by atomic mass is 10.0. The zero-order chi connectivity index (χ0) is 14.8. The molecule has 7 nitrogen and oxygen atoms in total. The molecule has 1 aromatic heterocycles. The van der Waals surface area contributed by atoms with Crippen molar-refractivity contribution >= 4 is 15.8 Å². The summed E-state index contributed by atoms with van der Waals surface area (Å²) in [6.07, 6.45) is 4.84. The monoisotopic (exact) mass is 302 g/mol. The number of anilines is 1. The predicted octanol–water partition coefficient (Wildman–Crippen LogP) is 0.316. The molecule has 0 aromatic carbocycles. The van der Waals surface area contributed by atoms with Crippen molar-refractivity contribution in [2.75, 3.05) is 18.9 Å². The lowest BCUT2D eigenvalue weighted by Crippen LogP contribution is -2.31. The fourth-order valence-electron chi connectivity index (χ4n) is 2.22. The number of aliphatic hydroxyl groups is 1. The molecule has 1 aromatic rings. The van der Waals surface area contributed by atoms with Crippen molar-refractivity contribution in [3.63, 3.8) is 0 Å². The molecule has 1 aliphatic rings. The van der Waals surface area contributed by atoms with Gasteiger partial charge in [-0.1, -0.05) is 6.92 Å². The van der Waals surface area contributed by atoms with E-state index < -0.39 is 10.0 Å². The molecule has 0 aliphatic heterocycles. The maximum absolute atomic E-state index is 12.2. The number of aryl methyl sites for hydroxylation is 1. The smallest absolute Gasteiger partial charge is 0.245 e. The molecule has 0 bridgehead atoms. The van der Waals surface area contributed by atoms with Crippen LogP contribution in [0.2, 0.25) is 0 Å². The lowest BCUT2D eigenvalue weighted by Gasteiger charge is -2.14. The fourth-order valence-corrected chi connectivity index (χ4v) is 3.45. The number of nitrogen functional groups attached to an aromatic ring is 1. The highest BCUT2D eigenvalue weighted by Crippen LogP contribution is 2.48. The van der Waals surface area contributed by atoms with Crippen LogP contribution in [-0.2, 0) is 16.6 Å². The van der Waals surface area contributed by atoms with Crippen molar-refractivity contribution in [1.82, 2.24) is 14.5 Å². The molecule has 0 radical (unpaired) electrons. The molecule has 2 rings (SSSR count). The van der Waals surface area contributed by atoms with Crippen LogP contribution in [0.3, 0.4) is 0 Å². The van der Waals surface area contributed by atoms with Gasteiger partial charge in [0.15, 0.2) is 5.82 Å². The third-order valence-electron chi connectivity index (χ3n) is 3.73. The second kappa shape index (κ2) is 5.71. The number of nitrogens with zero attached hydrogens (tertiary/aromatic N) is 2. The molecule has 1 heterocycles. The van der Waals surface area contributed by atoms with E-state index in [2.05, 4.69) is 9.82 Å². The number of hydrogen-bond acceptors (Lipinski definition) is 5. The molecule has 4 N–H and O–H groups in total. The van der Waals surface area contributed by atoms with Crippen LogP contribution in [0.4, 0.5) is 5.82 Å². The first kappa shape index (κ1) is 15.3. The van der Waals surface area contributed by atoms with Crippen molar-refractivity contribution in [2.45, 2.75) is 44.0 Å². The quantitative estimate of drug-likeness (QED) is 0.640. The Balaban J connectivity index is 2.06. The minimum Gasteiger partial charge on any atom is -0.396 e. The van der Waals surface area contributed by atoms with Crippen LogP contribution >= 0.6 is 0 Å². The van der Waals surface area contributed by atoms with Crippen molar-refractivity contribution < 1.29 is 13.5 Å². The number of nitrogens with one attached hydrogen (secondary N) is 1. The third kappa shape index (κ3) is 3.31. The zero-order valence-electron chi connectivity index (χ0n) is 11.7. The molecular formula is C12H22N4O3S. The van der Waals surface area contributed by atoms with Gasteiger partial charge in [0.05, 0.1) is 0 Å². The molecule has 114 valence electrons. The van der Waals surface area contributed by atoms with Crippen molar-refractivity contribution in [1.29, 1.82) is 0 Å². The molecular weight excluding hydrogens is 280 g/mol. The van der Waals surface area contributed by atoms with Gasteiger partial charge in [0, 0.05) is 25.9 Å². The Morgan fingerprint density at radius 1 is 1.55 bits per heavy atom. The van der Waals surface area contributed by atoms with Gasteiger partial charge in [-0.05, 0) is 31.1 Å². The van der Waals surface area contributed by atoms with Gasteiger partial charge in [-0.15, -0.1) is 0 Å². The van der Waals surface area contributed by atoms with Crippen LogP contribution in [0.1, 0.15) is 32.6 Å². The van der Waals surface area contributed by atoms with Crippen LogP contribution in [0.15, 0.2) is 11.1 Å². The molecule has 0 unspecified atom stereocenters. The summed E-state index contributed by atoms with van der Waals surface area (Å²) in [5.74, 6) is 0.0259. The molecule has 0 saturated heterocycles. The zero-order valence-corrected chi connectivity index (χ0v) is 12.5. The summed E-state index contributed by atoms with van der Waals surface area (Å²) in [6.45, 7) is 3.04. The van der Waals surface area contributed by atoms with Gasteiger partial charge in [0.2, 0.25) is 10.0 Å². The predicted molar refractivity (Wildman–Crippen MR) is 75.5 cm³/mol. The first-order chi connectivity index (χ1) is 9.42. The molecule has 0 amide bonds. The second-order valence-electron chi connectivity index (χ2n) is 5.44. The van der Waals surface area contributed by atoms with Gasteiger partial charge >= 0.3 is 0 Å². The van der Waals surface area contributed by atoms with E-state index in [9.17, 15) is 8.42 Å². The normalized spacial score (nSPS) is 17.3. The summed E-state index contributed by atoms with van der Waals surface area (Å²) >= 11 is 0. The minimum atomic E-state index is -3.64. The molecule has 20 heavy (non-hydrogen) atoms. The van der Waals surface area contributed by atoms with Crippen LogP contribution in [-0.4, -0.2) is 36.5 Å². The van der Waals surface area contributed by atoms with Crippen LogP contribution in [0.5, 0.6) is 0 Å². The van der Waals surface area contributed by atoms with Gasteiger partial charge in [-0.25, -0.2) is 13.1 Å². The number of sulfonamides is 1. The Kier molecular flexibility index (Phi) is 4.36. The largest absolute Gasteiger partial charge is 0.396 e. The first-order valence-electron chi connectivity index (χ1n) is 6.86. The van der Waals surface area contributed by atoms with E-state index in [4.69, 9.17) is 10.8 Å². The van der Waals surface area contributed by atoms with Gasteiger partial charge in [-0.3, -0.25) is 4.68 Å². The highest BCUT2D eigenvalue weighted by Gasteiger charge is 2.42. The highest BCUT2D eigenvalue weighted by atomic mass is 32.2. The standard InChI is InChI=1S/C12H22N4O3S/c1-2-6-16-8-10(11(13)15-16)20(18,19)14-9-12(3-4-12)5-7-17/h8,14,17H,2-7,9H2,1H3,(H2,13,15). The van der Waals surface area contributed by atoms with E-state index in [-0.39, 0.29) is 22.7 Å². The SMILES string of the molecule is CCCn1cc(S(=O)(=O)NCC2(CCO)CC2)c(N)n1. The average Bonchev–Trinajstić information content (AvgIpc) is 3.04. The van der Waals surface area contributed by atoms with E-state index in [1.54, 1.807) is 4.68 Å².